The molecule has 154 valence electrons. The van der Waals surface area contributed by atoms with Gasteiger partial charge >= 0.3 is 0 Å². The standard InChI is InChI=1S/C24H30N2O3/c1-15-4-6-18(12-16(15)2)23-19-8-11-29-24(19)20-13-17(5-7-21(20)26-23)14-22(28)25-9-3-10-27/h4-7,12-13,19,23-24,26-27H,3,8-11,14H2,1-2H3,(H,25,28)/t19-,23-,24-/m1/s1. The second-order valence-electron chi connectivity index (χ2n) is 8.24. The molecule has 1 amide bonds. The lowest BCUT2D eigenvalue weighted by Gasteiger charge is -2.37. The minimum Gasteiger partial charge on any atom is -0.396 e. The first-order valence-electron chi connectivity index (χ1n) is 10.5. The van der Waals surface area contributed by atoms with Crippen LogP contribution in [0.25, 0.3) is 0 Å². The smallest absolute Gasteiger partial charge is 0.224 e. The predicted molar refractivity (Wildman–Crippen MR) is 114 cm³/mol. The summed E-state index contributed by atoms with van der Waals surface area (Å²) in [7, 11) is 0. The van der Waals surface area contributed by atoms with E-state index in [2.05, 4.69) is 54.8 Å². The summed E-state index contributed by atoms with van der Waals surface area (Å²) in [6.07, 6.45) is 2.02. The Morgan fingerprint density at radius 3 is 2.86 bits per heavy atom. The molecule has 0 aromatic heterocycles. The van der Waals surface area contributed by atoms with E-state index in [0.29, 0.717) is 25.3 Å². The minimum atomic E-state index is -0.0148. The van der Waals surface area contributed by atoms with Crippen LogP contribution in [0.2, 0.25) is 0 Å². The SMILES string of the molecule is Cc1ccc([C@H]2Nc3ccc(CC(=O)NCCCO)cc3[C@@H]3OCC[C@H]23)cc1C. The van der Waals surface area contributed by atoms with Gasteiger partial charge in [-0.15, -0.1) is 0 Å². The molecular formula is C24H30N2O3. The fraction of sp³-hybridized carbons (Fsp3) is 0.458. The number of ether oxygens (including phenoxy) is 1. The number of aryl methyl sites for hydroxylation is 2. The topological polar surface area (TPSA) is 70.6 Å². The number of aliphatic hydroxyl groups is 1. The molecule has 0 radical (unpaired) electrons. The fourth-order valence-electron chi connectivity index (χ4n) is 4.47. The summed E-state index contributed by atoms with van der Waals surface area (Å²) in [6, 6.07) is 13.2. The number of benzene rings is 2. The van der Waals surface area contributed by atoms with Crippen molar-refractivity contribution in [3.8, 4) is 0 Å². The van der Waals surface area contributed by atoms with Gasteiger partial charge in [-0.05, 0) is 55.0 Å². The first-order chi connectivity index (χ1) is 14.1. The molecule has 2 aliphatic rings. The molecule has 29 heavy (non-hydrogen) atoms. The van der Waals surface area contributed by atoms with Crippen LogP contribution >= 0.6 is 0 Å². The highest BCUT2D eigenvalue weighted by molar-refractivity contribution is 5.79. The second kappa shape index (κ2) is 8.56. The van der Waals surface area contributed by atoms with Crippen molar-refractivity contribution in [3.05, 3.63) is 64.2 Å². The zero-order valence-corrected chi connectivity index (χ0v) is 17.2. The Bertz CT molecular complexity index is 896. The van der Waals surface area contributed by atoms with Gasteiger partial charge in [-0.3, -0.25) is 4.79 Å². The number of hydrogen-bond donors (Lipinski definition) is 3. The number of carbonyl (C=O) groups is 1. The third kappa shape index (κ3) is 4.16. The summed E-state index contributed by atoms with van der Waals surface area (Å²) < 4.78 is 6.16. The largest absolute Gasteiger partial charge is 0.396 e. The molecule has 3 N–H and O–H groups in total. The van der Waals surface area contributed by atoms with Crippen LogP contribution < -0.4 is 10.6 Å². The van der Waals surface area contributed by atoms with Gasteiger partial charge in [-0.1, -0.05) is 30.3 Å². The number of rotatable bonds is 6. The van der Waals surface area contributed by atoms with E-state index < -0.39 is 0 Å². The van der Waals surface area contributed by atoms with E-state index in [-0.39, 0.29) is 24.7 Å². The molecule has 5 nitrogen and oxygen atoms in total. The van der Waals surface area contributed by atoms with Crippen LogP contribution in [-0.2, 0) is 16.0 Å². The average Bonchev–Trinajstić information content (AvgIpc) is 3.20. The van der Waals surface area contributed by atoms with E-state index in [1.54, 1.807) is 0 Å². The van der Waals surface area contributed by atoms with Crippen molar-refractivity contribution in [2.24, 2.45) is 5.92 Å². The lowest BCUT2D eigenvalue weighted by Crippen LogP contribution is -2.30. The Morgan fingerprint density at radius 1 is 1.21 bits per heavy atom. The average molecular weight is 395 g/mol. The fourth-order valence-corrected chi connectivity index (χ4v) is 4.47. The van der Waals surface area contributed by atoms with Gasteiger partial charge in [0.25, 0.3) is 0 Å². The Hall–Kier alpha value is -2.37. The molecule has 5 heteroatoms. The number of nitrogens with one attached hydrogen (secondary N) is 2. The van der Waals surface area contributed by atoms with Gasteiger partial charge in [-0.25, -0.2) is 0 Å². The van der Waals surface area contributed by atoms with Crippen LogP contribution in [0.1, 0.15) is 52.8 Å². The highest BCUT2D eigenvalue weighted by Crippen LogP contribution is 2.50. The second-order valence-corrected chi connectivity index (χ2v) is 8.24. The maximum atomic E-state index is 12.1. The van der Waals surface area contributed by atoms with Crippen molar-refractivity contribution in [1.82, 2.24) is 5.32 Å². The maximum Gasteiger partial charge on any atom is 0.224 e. The van der Waals surface area contributed by atoms with Crippen LogP contribution in [0, 0.1) is 19.8 Å². The minimum absolute atomic E-state index is 0.0148. The lowest BCUT2D eigenvalue weighted by molar-refractivity contribution is -0.120. The van der Waals surface area contributed by atoms with E-state index in [1.165, 1.54) is 16.7 Å². The molecule has 0 spiro atoms. The summed E-state index contributed by atoms with van der Waals surface area (Å²) in [5.41, 5.74) is 7.19. The van der Waals surface area contributed by atoms with Crippen molar-refractivity contribution in [2.45, 2.75) is 45.3 Å². The summed E-state index contributed by atoms with van der Waals surface area (Å²) in [5.74, 6) is 0.373. The molecular weight excluding hydrogens is 364 g/mol. The van der Waals surface area contributed by atoms with Crippen LogP contribution in [-0.4, -0.2) is 30.8 Å². The van der Waals surface area contributed by atoms with E-state index in [0.717, 1.165) is 29.8 Å². The van der Waals surface area contributed by atoms with Gasteiger partial charge in [0.1, 0.15) is 0 Å². The number of anilines is 1. The van der Waals surface area contributed by atoms with Gasteiger partial charge in [0.15, 0.2) is 0 Å². The molecule has 1 saturated heterocycles. The molecule has 1 fully saturated rings. The highest BCUT2D eigenvalue weighted by atomic mass is 16.5. The zero-order chi connectivity index (χ0) is 20.4. The first kappa shape index (κ1) is 19.9. The van der Waals surface area contributed by atoms with Crippen molar-refractivity contribution in [3.63, 3.8) is 0 Å². The molecule has 0 saturated carbocycles. The summed E-state index contributed by atoms with van der Waals surface area (Å²) in [6.45, 7) is 5.67. The maximum absolute atomic E-state index is 12.1. The molecule has 2 aliphatic heterocycles. The number of aliphatic hydroxyl groups excluding tert-OH is 1. The van der Waals surface area contributed by atoms with Crippen molar-refractivity contribution in [2.75, 3.05) is 25.1 Å². The molecule has 0 bridgehead atoms. The van der Waals surface area contributed by atoms with Crippen LogP contribution in [0.15, 0.2) is 36.4 Å². The summed E-state index contributed by atoms with van der Waals surface area (Å²) >= 11 is 0. The Kier molecular flexibility index (Phi) is 5.88. The van der Waals surface area contributed by atoms with Gasteiger partial charge in [-0.2, -0.15) is 0 Å². The van der Waals surface area contributed by atoms with Gasteiger partial charge in [0.2, 0.25) is 5.91 Å². The lowest BCUT2D eigenvalue weighted by atomic mass is 9.80. The van der Waals surface area contributed by atoms with Gasteiger partial charge < -0.3 is 20.5 Å². The van der Waals surface area contributed by atoms with Crippen molar-refractivity contribution in [1.29, 1.82) is 0 Å². The normalized spacial score (nSPS) is 22.5. The van der Waals surface area contributed by atoms with E-state index >= 15 is 0 Å². The number of carbonyl (C=O) groups excluding carboxylic acids is 1. The van der Waals surface area contributed by atoms with Gasteiger partial charge in [0, 0.05) is 36.9 Å². The molecule has 0 aliphatic carbocycles. The molecule has 2 aromatic carbocycles. The van der Waals surface area contributed by atoms with E-state index in [9.17, 15) is 4.79 Å². The monoisotopic (exact) mass is 394 g/mol. The number of amides is 1. The number of hydrogen-bond acceptors (Lipinski definition) is 4. The predicted octanol–water partition coefficient (Wildman–Crippen LogP) is 3.59. The third-order valence-electron chi connectivity index (χ3n) is 6.21. The Labute approximate surface area is 172 Å². The van der Waals surface area contributed by atoms with E-state index in [1.807, 2.05) is 6.07 Å². The summed E-state index contributed by atoms with van der Waals surface area (Å²) in [5, 5.41) is 15.4. The molecule has 2 heterocycles. The van der Waals surface area contributed by atoms with Crippen LogP contribution in [0.4, 0.5) is 5.69 Å². The van der Waals surface area contributed by atoms with Crippen LogP contribution in [0.5, 0.6) is 0 Å². The molecule has 2 aromatic rings. The molecule has 3 atom stereocenters. The molecule has 0 unspecified atom stereocenters. The van der Waals surface area contributed by atoms with E-state index in [4.69, 9.17) is 9.84 Å². The highest BCUT2D eigenvalue weighted by Gasteiger charge is 2.41. The van der Waals surface area contributed by atoms with Gasteiger partial charge in [0.05, 0.1) is 18.6 Å². The van der Waals surface area contributed by atoms with Crippen molar-refractivity contribution >= 4 is 11.6 Å². The first-order valence-corrected chi connectivity index (χ1v) is 10.5. The quantitative estimate of drug-likeness (QED) is 0.655. The van der Waals surface area contributed by atoms with Crippen molar-refractivity contribution < 1.29 is 14.6 Å². The Morgan fingerprint density at radius 2 is 2.07 bits per heavy atom. The molecule has 4 rings (SSSR count). The summed E-state index contributed by atoms with van der Waals surface area (Å²) in [4.78, 5) is 12.1. The van der Waals surface area contributed by atoms with Crippen LogP contribution in [0.3, 0.4) is 0 Å². The zero-order valence-electron chi connectivity index (χ0n) is 17.2. The number of fused-ring (bicyclic) bond motifs is 3. The Balaban J connectivity index is 1.56. The third-order valence-corrected chi connectivity index (χ3v) is 6.21.